The number of carbonyl (C=O) groups is 1. The molecule has 2 aromatic rings. The highest BCUT2D eigenvalue weighted by molar-refractivity contribution is 7.13. The number of thiazole rings is 1. The van der Waals surface area contributed by atoms with Crippen LogP contribution < -0.4 is 5.32 Å². The molecule has 0 radical (unpaired) electrons. The van der Waals surface area contributed by atoms with Crippen molar-refractivity contribution in [1.29, 1.82) is 0 Å². The van der Waals surface area contributed by atoms with Gasteiger partial charge < -0.3 is 15.4 Å². The van der Waals surface area contributed by atoms with Gasteiger partial charge in [-0.15, -0.1) is 11.3 Å². The smallest absolute Gasteiger partial charge is 0.358 e. The summed E-state index contributed by atoms with van der Waals surface area (Å²) < 4.78 is 1.20. The van der Waals surface area contributed by atoms with Crippen LogP contribution in [-0.4, -0.2) is 25.6 Å². The lowest BCUT2D eigenvalue weighted by Crippen LogP contribution is -2.18. The third-order valence-corrected chi connectivity index (χ3v) is 2.49. The minimum atomic E-state index is -0.616. The zero-order valence-electron chi connectivity index (χ0n) is 8.44. The summed E-state index contributed by atoms with van der Waals surface area (Å²) in [5.74, 6) is -0.620. The number of amides is 1. The van der Waals surface area contributed by atoms with Crippen LogP contribution in [0.5, 0.6) is 0 Å². The second-order valence-electron chi connectivity index (χ2n) is 3.01. The van der Waals surface area contributed by atoms with Gasteiger partial charge in [0, 0.05) is 11.6 Å². The van der Waals surface area contributed by atoms with Crippen molar-refractivity contribution >= 4 is 28.2 Å². The van der Waals surface area contributed by atoms with Gasteiger partial charge in [-0.05, 0) is 4.92 Å². The Morgan fingerprint density at radius 3 is 3.06 bits per heavy atom. The van der Waals surface area contributed by atoms with E-state index >= 15 is 0 Å². The van der Waals surface area contributed by atoms with Crippen LogP contribution >= 0.6 is 11.3 Å². The molecule has 0 fully saturated rings. The molecule has 2 aromatic heterocycles. The molecule has 0 aliphatic rings. The second-order valence-corrected chi connectivity index (χ2v) is 3.91. The highest BCUT2D eigenvalue weighted by Gasteiger charge is 2.13. The van der Waals surface area contributed by atoms with Gasteiger partial charge in [-0.3, -0.25) is 4.79 Å². The van der Waals surface area contributed by atoms with Crippen LogP contribution in [0.1, 0.15) is 0 Å². The molecular formula is C8H7N5O3S. The fraction of sp³-hybridized carbons (Fsp3) is 0.125. The molecule has 0 aromatic carbocycles. The number of anilines is 1. The number of rotatable bonds is 4. The number of aromatic nitrogens is 3. The quantitative estimate of drug-likeness (QED) is 0.643. The molecule has 0 saturated heterocycles. The van der Waals surface area contributed by atoms with Crippen molar-refractivity contribution in [3.8, 4) is 0 Å². The largest absolute Gasteiger partial charge is 0.389 e. The summed E-state index contributed by atoms with van der Waals surface area (Å²) in [6.07, 6.45) is 2.94. The molecule has 1 amide bonds. The van der Waals surface area contributed by atoms with Crippen molar-refractivity contribution in [3.63, 3.8) is 0 Å². The topological polar surface area (TPSA) is 103 Å². The van der Waals surface area contributed by atoms with Gasteiger partial charge in [-0.25, -0.2) is 4.98 Å². The van der Waals surface area contributed by atoms with Crippen LogP contribution in [0, 0.1) is 10.1 Å². The molecule has 0 bridgehead atoms. The Morgan fingerprint density at radius 2 is 2.47 bits per heavy atom. The van der Waals surface area contributed by atoms with Crippen LogP contribution in [0.25, 0.3) is 0 Å². The zero-order valence-corrected chi connectivity index (χ0v) is 9.25. The van der Waals surface area contributed by atoms with Crippen LogP contribution in [0.3, 0.4) is 0 Å². The highest BCUT2D eigenvalue weighted by atomic mass is 32.1. The summed E-state index contributed by atoms with van der Waals surface area (Å²) >= 11 is 1.29. The number of carbonyl (C=O) groups excluding carboxylic acids is 1. The van der Waals surface area contributed by atoms with E-state index in [9.17, 15) is 14.9 Å². The second kappa shape index (κ2) is 4.70. The predicted molar refractivity (Wildman–Crippen MR) is 59.6 cm³/mol. The first kappa shape index (κ1) is 11.2. The van der Waals surface area contributed by atoms with E-state index in [1.807, 2.05) is 0 Å². The molecule has 17 heavy (non-hydrogen) atoms. The summed E-state index contributed by atoms with van der Waals surface area (Å²) in [6, 6.07) is 1.23. The number of hydrogen-bond acceptors (Lipinski definition) is 6. The van der Waals surface area contributed by atoms with Gasteiger partial charge in [0.1, 0.15) is 6.54 Å². The zero-order chi connectivity index (χ0) is 12.3. The molecule has 0 unspecified atom stereocenters. The van der Waals surface area contributed by atoms with Crippen LogP contribution in [-0.2, 0) is 11.3 Å². The fourth-order valence-electron chi connectivity index (χ4n) is 1.13. The predicted octanol–water partition coefficient (Wildman–Crippen LogP) is 0.886. The van der Waals surface area contributed by atoms with Crippen LogP contribution in [0.4, 0.5) is 10.9 Å². The first-order valence-corrected chi connectivity index (χ1v) is 5.40. The monoisotopic (exact) mass is 253 g/mol. The summed E-state index contributed by atoms with van der Waals surface area (Å²) in [5.41, 5.74) is 0. The minimum Gasteiger partial charge on any atom is -0.358 e. The SMILES string of the molecule is O=C(Cn1ccc([N+](=O)[O-])n1)Nc1nccs1. The summed E-state index contributed by atoms with van der Waals surface area (Å²) in [7, 11) is 0. The Balaban J connectivity index is 1.96. The number of nitrogens with zero attached hydrogens (tertiary/aromatic N) is 4. The fourth-order valence-corrected chi connectivity index (χ4v) is 1.67. The van der Waals surface area contributed by atoms with Crippen LogP contribution in [0.2, 0.25) is 0 Å². The lowest BCUT2D eigenvalue weighted by molar-refractivity contribution is -0.389. The van der Waals surface area contributed by atoms with Gasteiger partial charge in [0.25, 0.3) is 0 Å². The van der Waals surface area contributed by atoms with Crippen LogP contribution in [0.15, 0.2) is 23.8 Å². The van der Waals surface area contributed by atoms with E-state index in [0.717, 1.165) is 0 Å². The van der Waals surface area contributed by atoms with Crippen molar-refractivity contribution in [1.82, 2.24) is 14.8 Å². The summed E-state index contributed by atoms with van der Waals surface area (Å²) in [6.45, 7) is -0.0899. The highest BCUT2D eigenvalue weighted by Crippen LogP contribution is 2.10. The lowest BCUT2D eigenvalue weighted by atomic mass is 10.6. The summed E-state index contributed by atoms with van der Waals surface area (Å²) in [4.78, 5) is 25.1. The molecule has 0 atom stereocenters. The number of nitrogens with one attached hydrogen (secondary N) is 1. The average Bonchev–Trinajstić information content (AvgIpc) is 2.88. The molecule has 88 valence electrons. The standard InChI is InChI=1S/C8H7N5O3S/c14-7(10-8-9-2-4-17-8)5-12-3-1-6(11-12)13(15)16/h1-4H,5H2,(H,9,10,14). The molecule has 2 heterocycles. The minimum absolute atomic E-state index is 0.0899. The Morgan fingerprint density at radius 1 is 1.65 bits per heavy atom. The molecule has 0 saturated carbocycles. The van der Waals surface area contributed by atoms with E-state index in [4.69, 9.17) is 0 Å². The third-order valence-electron chi connectivity index (χ3n) is 1.80. The Bertz CT molecular complexity index is 535. The molecule has 0 aliphatic heterocycles. The molecule has 2 rings (SSSR count). The van der Waals surface area contributed by atoms with E-state index in [0.29, 0.717) is 5.13 Å². The van der Waals surface area contributed by atoms with Gasteiger partial charge in [0.2, 0.25) is 5.91 Å². The van der Waals surface area contributed by atoms with E-state index < -0.39 is 4.92 Å². The van der Waals surface area contributed by atoms with Gasteiger partial charge in [0.05, 0.1) is 17.4 Å². The Kier molecular flexibility index (Phi) is 3.10. The normalized spacial score (nSPS) is 10.1. The van der Waals surface area contributed by atoms with Crippen molar-refractivity contribution in [3.05, 3.63) is 34.0 Å². The Hall–Kier alpha value is -2.29. The first-order valence-electron chi connectivity index (χ1n) is 4.52. The summed E-state index contributed by atoms with van der Waals surface area (Å²) in [5, 5.41) is 18.8. The number of hydrogen-bond donors (Lipinski definition) is 1. The van der Waals surface area contributed by atoms with E-state index in [2.05, 4.69) is 15.4 Å². The van der Waals surface area contributed by atoms with E-state index in [-0.39, 0.29) is 18.3 Å². The Labute approximate surface area is 99.0 Å². The molecule has 0 aliphatic carbocycles. The van der Waals surface area contributed by atoms with Crippen molar-refractivity contribution in [2.24, 2.45) is 0 Å². The maximum absolute atomic E-state index is 11.5. The van der Waals surface area contributed by atoms with Gasteiger partial charge >= 0.3 is 5.82 Å². The van der Waals surface area contributed by atoms with Crippen molar-refractivity contribution in [2.45, 2.75) is 6.54 Å². The van der Waals surface area contributed by atoms with Gasteiger partial charge in [-0.1, -0.05) is 0 Å². The maximum Gasteiger partial charge on any atom is 0.389 e. The van der Waals surface area contributed by atoms with Crippen molar-refractivity contribution < 1.29 is 9.72 Å². The molecule has 8 nitrogen and oxygen atoms in total. The third kappa shape index (κ3) is 2.84. The molecular weight excluding hydrogens is 246 g/mol. The van der Waals surface area contributed by atoms with Gasteiger partial charge in [0.15, 0.2) is 5.13 Å². The lowest BCUT2D eigenvalue weighted by Gasteiger charge is -1.98. The molecule has 1 N–H and O–H groups in total. The first-order chi connectivity index (χ1) is 8.15. The van der Waals surface area contributed by atoms with E-state index in [1.165, 1.54) is 28.3 Å². The maximum atomic E-state index is 11.5. The van der Waals surface area contributed by atoms with E-state index in [1.54, 1.807) is 11.6 Å². The number of nitro groups is 1. The molecule has 9 heteroatoms. The molecule has 0 spiro atoms. The van der Waals surface area contributed by atoms with Gasteiger partial charge in [-0.2, -0.15) is 4.68 Å². The average molecular weight is 253 g/mol. The van der Waals surface area contributed by atoms with Crippen molar-refractivity contribution in [2.75, 3.05) is 5.32 Å².